The highest BCUT2D eigenvalue weighted by Crippen LogP contribution is 2.08. The van der Waals surface area contributed by atoms with Crippen LogP contribution in [-0.2, 0) is 28.8 Å². The van der Waals surface area contributed by atoms with Crippen LogP contribution in [0.2, 0.25) is 0 Å². The molecule has 0 aliphatic rings. The van der Waals surface area contributed by atoms with Gasteiger partial charge in [-0.05, 0) is 45.4 Å². The zero-order valence-electron chi connectivity index (χ0n) is 23.8. The molecule has 0 aromatic heterocycles. The number of carbonyl (C=O) groups excluding carboxylic acids is 4. The van der Waals surface area contributed by atoms with Crippen LogP contribution in [0.25, 0.3) is 0 Å². The van der Waals surface area contributed by atoms with Crippen LogP contribution in [0.3, 0.4) is 0 Å². The fourth-order valence-corrected chi connectivity index (χ4v) is 3.48. The van der Waals surface area contributed by atoms with Gasteiger partial charge in [0.15, 0.2) is 5.96 Å². The molecule has 0 aromatic carbocycles. The van der Waals surface area contributed by atoms with Gasteiger partial charge in [0.05, 0.1) is 12.1 Å². The Morgan fingerprint density at radius 3 is 1.85 bits per heavy atom. The highest BCUT2D eigenvalue weighted by molar-refractivity contribution is 5.95. The van der Waals surface area contributed by atoms with Crippen LogP contribution in [0.5, 0.6) is 0 Å². The molecular formula is C24H44N8O9. The first-order chi connectivity index (χ1) is 19.0. The second-order valence-corrected chi connectivity index (χ2v) is 10.0. The van der Waals surface area contributed by atoms with Gasteiger partial charge in [-0.15, -0.1) is 0 Å². The van der Waals surface area contributed by atoms with Crippen molar-refractivity contribution in [2.24, 2.45) is 28.1 Å². The van der Waals surface area contributed by atoms with Gasteiger partial charge in [-0.2, -0.15) is 0 Å². The summed E-state index contributed by atoms with van der Waals surface area (Å²) in [5.41, 5.74) is 16.3. The lowest BCUT2D eigenvalue weighted by Gasteiger charge is -2.26. The number of hydrogen-bond donors (Lipinski definition) is 10. The maximum Gasteiger partial charge on any atom is 0.326 e. The molecule has 234 valence electrons. The van der Waals surface area contributed by atoms with Gasteiger partial charge >= 0.3 is 11.9 Å². The van der Waals surface area contributed by atoms with Gasteiger partial charge in [-0.3, -0.25) is 29.0 Å². The van der Waals surface area contributed by atoms with Crippen molar-refractivity contribution in [1.29, 1.82) is 0 Å². The monoisotopic (exact) mass is 588 g/mol. The molecule has 0 saturated carbocycles. The molecule has 6 atom stereocenters. The lowest BCUT2D eigenvalue weighted by atomic mass is 10.0. The van der Waals surface area contributed by atoms with Gasteiger partial charge in [0.25, 0.3) is 0 Å². The van der Waals surface area contributed by atoms with Crippen molar-refractivity contribution >= 4 is 41.5 Å². The number of hydrogen-bond acceptors (Lipinski definition) is 9. The van der Waals surface area contributed by atoms with Gasteiger partial charge in [-0.1, -0.05) is 13.8 Å². The minimum atomic E-state index is -1.49. The number of carboxylic acids is 2. The summed E-state index contributed by atoms with van der Waals surface area (Å²) in [7, 11) is 0. The maximum absolute atomic E-state index is 12.8. The summed E-state index contributed by atoms with van der Waals surface area (Å²) in [6.45, 7) is 6.33. The van der Waals surface area contributed by atoms with E-state index >= 15 is 0 Å². The van der Waals surface area contributed by atoms with Crippen molar-refractivity contribution in [3.05, 3.63) is 0 Å². The molecule has 0 fully saturated rings. The summed E-state index contributed by atoms with van der Waals surface area (Å²) in [5, 5.41) is 37.6. The highest BCUT2D eigenvalue weighted by Gasteiger charge is 2.32. The van der Waals surface area contributed by atoms with E-state index in [0.29, 0.717) is 6.42 Å². The lowest BCUT2D eigenvalue weighted by Crippen LogP contribution is -2.60. The molecule has 0 aliphatic carbocycles. The van der Waals surface area contributed by atoms with Gasteiger partial charge in [0.2, 0.25) is 23.6 Å². The Hall–Kier alpha value is -3.99. The fraction of sp³-hybridized carbons (Fsp3) is 0.708. The average Bonchev–Trinajstić information content (AvgIpc) is 2.85. The number of nitrogens with zero attached hydrogens (tertiary/aromatic N) is 1. The minimum Gasteiger partial charge on any atom is -0.481 e. The molecule has 41 heavy (non-hydrogen) atoms. The molecule has 17 nitrogen and oxygen atoms in total. The number of aliphatic carboxylic acids is 2. The third-order valence-electron chi connectivity index (χ3n) is 5.72. The first-order valence-corrected chi connectivity index (χ1v) is 13.1. The average molecular weight is 589 g/mol. The van der Waals surface area contributed by atoms with Crippen molar-refractivity contribution < 1.29 is 44.1 Å². The van der Waals surface area contributed by atoms with Gasteiger partial charge in [0.1, 0.15) is 24.2 Å². The second-order valence-electron chi connectivity index (χ2n) is 10.0. The number of rotatable bonds is 19. The van der Waals surface area contributed by atoms with Crippen molar-refractivity contribution in [1.82, 2.24) is 21.3 Å². The predicted octanol–water partition coefficient (Wildman–Crippen LogP) is -3.30. The molecule has 0 aliphatic heterocycles. The van der Waals surface area contributed by atoms with E-state index in [0.717, 1.165) is 0 Å². The minimum absolute atomic E-state index is 0.108. The van der Waals surface area contributed by atoms with Crippen LogP contribution in [-0.4, -0.2) is 99.7 Å². The second kappa shape index (κ2) is 18.4. The van der Waals surface area contributed by atoms with Crippen LogP contribution in [0, 0.1) is 5.92 Å². The van der Waals surface area contributed by atoms with Crippen molar-refractivity contribution in [3.8, 4) is 0 Å². The third kappa shape index (κ3) is 15.4. The summed E-state index contributed by atoms with van der Waals surface area (Å²) < 4.78 is 0. The number of carboxylic acid groups (broad SMARTS) is 2. The number of aliphatic hydroxyl groups excluding tert-OH is 1. The molecule has 0 rings (SSSR count). The molecule has 0 unspecified atom stereocenters. The van der Waals surface area contributed by atoms with Gasteiger partial charge in [0, 0.05) is 13.0 Å². The van der Waals surface area contributed by atoms with E-state index in [4.69, 9.17) is 22.3 Å². The van der Waals surface area contributed by atoms with Crippen molar-refractivity contribution in [2.45, 2.75) is 96.1 Å². The molecule has 0 bridgehead atoms. The number of carbonyl (C=O) groups is 6. The smallest absolute Gasteiger partial charge is 0.326 e. The Balaban J connectivity index is 5.30. The van der Waals surface area contributed by atoms with Gasteiger partial charge in [-0.25, -0.2) is 4.79 Å². The molecule has 0 aromatic rings. The fourth-order valence-electron chi connectivity index (χ4n) is 3.48. The van der Waals surface area contributed by atoms with E-state index in [1.165, 1.54) is 13.8 Å². The number of nitrogens with one attached hydrogen (secondary N) is 4. The topological polar surface area (TPSA) is 302 Å². The number of aliphatic imine (C=N–C) groups is 1. The van der Waals surface area contributed by atoms with E-state index in [1.807, 2.05) is 0 Å². The van der Waals surface area contributed by atoms with Crippen LogP contribution in [0.4, 0.5) is 0 Å². The van der Waals surface area contributed by atoms with E-state index in [-0.39, 0.29) is 37.7 Å². The van der Waals surface area contributed by atoms with E-state index in [2.05, 4.69) is 26.3 Å². The zero-order chi connectivity index (χ0) is 31.9. The normalized spacial score (nSPS) is 15.3. The van der Waals surface area contributed by atoms with Crippen LogP contribution < -0.4 is 38.5 Å². The van der Waals surface area contributed by atoms with Crippen LogP contribution in [0.1, 0.15) is 59.8 Å². The predicted molar refractivity (Wildman–Crippen MR) is 147 cm³/mol. The number of nitrogens with two attached hydrogens (primary N) is 3. The SMILES string of the molecule is CC(C)C[C@H](NC(=O)[C@H](C)NC(=O)[C@@H](NC(=O)[C@@H](N)CCCN=C(N)N)[C@@H](C)O)C(=O)N[C@@H](CCC(=O)O)C(=O)O. The Kier molecular flexibility index (Phi) is 16.6. The zero-order valence-corrected chi connectivity index (χ0v) is 23.8. The van der Waals surface area contributed by atoms with Crippen LogP contribution >= 0.6 is 0 Å². The van der Waals surface area contributed by atoms with E-state index in [9.17, 15) is 39.0 Å². The lowest BCUT2D eigenvalue weighted by molar-refractivity contribution is -0.143. The molecule has 17 heteroatoms. The standard InChI is InChI=1S/C24H44N8O9/c1-11(2)10-16(21(38)30-15(23(40)41)7-8-17(34)35)31-19(36)12(3)29-22(39)18(13(4)33)32-20(37)14(25)6-5-9-28-24(26)27/h11-16,18,33H,5-10,25H2,1-4H3,(H,29,39)(H,30,38)(H,31,36)(H,32,37)(H,34,35)(H,40,41)(H4,26,27,28)/t12-,13+,14-,15-,16-,18-/m0/s1. The Bertz CT molecular complexity index is 953. The molecule has 13 N–H and O–H groups in total. The molecule has 0 heterocycles. The first kappa shape index (κ1) is 37.0. The quantitative estimate of drug-likeness (QED) is 0.0403. The molecule has 0 radical (unpaired) electrons. The summed E-state index contributed by atoms with van der Waals surface area (Å²) in [6, 6.07) is -6.41. The largest absolute Gasteiger partial charge is 0.481 e. The van der Waals surface area contributed by atoms with Crippen molar-refractivity contribution in [3.63, 3.8) is 0 Å². The number of amides is 4. The Morgan fingerprint density at radius 2 is 1.37 bits per heavy atom. The molecular weight excluding hydrogens is 544 g/mol. The van der Waals surface area contributed by atoms with Gasteiger partial charge < -0.3 is 53.8 Å². The van der Waals surface area contributed by atoms with E-state index in [1.54, 1.807) is 13.8 Å². The van der Waals surface area contributed by atoms with Crippen molar-refractivity contribution in [2.75, 3.05) is 6.54 Å². The third-order valence-corrected chi connectivity index (χ3v) is 5.72. The summed E-state index contributed by atoms with van der Waals surface area (Å²) in [6.07, 6.45) is -1.54. The summed E-state index contributed by atoms with van der Waals surface area (Å²) in [4.78, 5) is 76.9. The summed E-state index contributed by atoms with van der Waals surface area (Å²) >= 11 is 0. The first-order valence-electron chi connectivity index (χ1n) is 13.1. The Morgan fingerprint density at radius 1 is 0.780 bits per heavy atom. The number of aliphatic hydroxyl groups is 1. The maximum atomic E-state index is 12.8. The molecule has 0 spiro atoms. The highest BCUT2D eigenvalue weighted by atomic mass is 16.4. The molecule has 0 saturated heterocycles. The van der Waals surface area contributed by atoms with Crippen LogP contribution in [0.15, 0.2) is 4.99 Å². The van der Waals surface area contributed by atoms with E-state index < -0.39 is 78.3 Å². The Labute approximate surface area is 238 Å². The molecule has 4 amide bonds. The summed E-state index contributed by atoms with van der Waals surface area (Å²) in [5.74, 6) is -6.16. The number of guanidine groups is 1.